The molecule has 0 unspecified atom stereocenters. The van der Waals surface area contributed by atoms with Crippen LogP contribution < -0.4 is 4.90 Å². The molecule has 2 amide bonds. The Morgan fingerprint density at radius 2 is 1.64 bits per heavy atom. The van der Waals surface area contributed by atoms with Gasteiger partial charge in [-0.1, -0.05) is 23.7 Å². The van der Waals surface area contributed by atoms with Crippen molar-refractivity contribution in [2.45, 2.75) is 6.92 Å². The van der Waals surface area contributed by atoms with Gasteiger partial charge in [-0.2, -0.15) is 0 Å². The van der Waals surface area contributed by atoms with E-state index >= 15 is 0 Å². The summed E-state index contributed by atoms with van der Waals surface area (Å²) in [6.45, 7) is 1.82. The number of carbonyl (C=O) groups is 2. The Labute approximate surface area is 130 Å². The zero-order chi connectivity index (χ0) is 15.4. The first-order valence-corrected chi connectivity index (χ1v) is 7.11. The third-order valence-corrected chi connectivity index (χ3v) is 4.01. The van der Waals surface area contributed by atoms with Crippen LogP contribution in [0, 0.1) is 6.92 Å². The highest BCUT2D eigenvalue weighted by molar-refractivity contribution is 6.37. The van der Waals surface area contributed by atoms with Gasteiger partial charge in [0.25, 0.3) is 11.8 Å². The second-order valence-electron chi connectivity index (χ2n) is 5.19. The van der Waals surface area contributed by atoms with Crippen LogP contribution in [0.5, 0.6) is 0 Å². The van der Waals surface area contributed by atoms with Crippen molar-refractivity contribution in [2.24, 2.45) is 0 Å². The van der Waals surface area contributed by atoms with Gasteiger partial charge in [0.05, 0.1) is 21.8 Å². The third-order valence-electron chi connectivity index (χ3n) is 3.73. The van der Waals surface area contributed by atoms with E-state index in [0.717, 1.165) is 16.0 Å². The van der Waals surface area contributed by atoms with Gasteiger partial charge in [-0.05, 0) is 37.3 Å². The first-order valence-electron chi connectivity index (χ1n) is 6.74. The summed E-state index contributed by atoms with van der Waals surface area (Å²) in [6.07, 6.45) is 0. The number of halogens is 1. The average molecular weight is 312 g/mol. The van der Waals surface area contributed by atoms with E-state index in [1.54, 1.807) is 36.4 Å². The smallest absolute Gasteiger partial charge is 0.266 e. The summed E-state index contributed by atoms with van der Waals surface area (Å²) in [6, 6.07) is 11.9. The highest BCUT2D eigenvalue weighted by atomic mass is 35.5. The number of furan rings is 1. The van der Waals surface area contributed by atoms with Gasteiger partial charge in [0, 0.05) is 5.39 Å². The predicted octanol–water partition coefficient (Wildman–Crippen LogP) is 4.20. The maximum absolute atomic E-state index is 12.5. The second kappa shape index (κ2) is 4.45. The van der Waals surface area contributed by atoms with Gasteiger partial charge in [-0.25, -0.2) is 4.90 Å². The molecule has 2 aromatic carbocycles. The number of benzene rings is 2. The maximum Gasteiger partial charge on any atom is 0.266 e. The average Bonchev–Trinajstić information content (AvgIpc) is 2.98. The van der Waals surface area contributed by atoms with Crippen LogP contribution in [0.3, 0.4) is 0 Å². The fourth-order valence-electron chi connectivity index (χ4n) is 2.78. The van der Waals surface area contributed by atoms with E-state index in [-0.39, 0.29) is 11.8 Å². The van der Waals surface area contributed by atoms with Crippen LogP contribution in [0.25, 0.3) is 11.0 Å². The molecular weight excluding hydrogens is 302 g/mol. The maximum atomic E-state index is 12.5. The van der Waals surface area contributed by atoms with Crippen molar-refractivity contribution < 1.29 is 14.0 Å². The van der Waals surface area contributed by atoms with Crippen LogP contribution >= 0.6 is 11.6 Å². The molecule has 5 heteroatoms. The predicted molar refractivity (Wildman–Crippen MR) is 83.5 cm³/mol. The van der Waals surface area contributed by atoms with E-state index in [1.165, 1.54) is 0 Å². The Hall–Kier alpha value is -2.59. The van der Waals surface area contributed by atoms with E-state index in [0.29, 0.717) is 27.4 Å². The Kier molecular flexibility index (Phi) is 2.65. The Morgan fingerprint density at radius 3 is 2.27 bits per heavy atom. The van der Waals surface area contributed by atoms with E-state index in [2.05, 4.69) is 0 Å². The number of hydrogen-bond donors (Lipinski definition) is 0. The molecule has 3 aromatic rings. The summed E-state index contributed by atoms with van der Waals surface area (Å²) in [5.41, 5.74) is 1.82. The van der Waals surface area contributed by atoms with Gasteiger partial charge in [0.15, 0.2) is 5.58 Å². The number of nitrogens with zero attached hydrogens (tertiary/aromatic N) is 1. The summed E-state index contributed by atoms with van der Waals surface area (Å²) in [4.78, 5) is 26.1. The third kappa shape index (κ3) is 1.71. The molecule has 0 spiro atoms. The molecule has 0 N–H and O–H groups in total. The topological polar surface area (TPSA) is 50.5 Å². The molecule has 0 atom stereocenters. The Balaban J connectivity index is 1.90. The molecule has 108 valence electrons. The molecule has 2 heterocycles. The zero-order valence-electron chi connectivity index (χ0n) is 11.6. The van der Waals surface area contributed by atoms with Gasteiger partial charge in [-0.15, -0.1) is 0 Å². The molecule has 0 fully saturated rings. The van der Waals surface area contributed by atoms with Gasteiger partial charge in [0.2, 0.25) is 0 Å². The van der Waals surface area contributed by atoms with Crippen molar-refractivity contribution >= 4 is 40.1 Å². The van der Waals surface area contributed by atoms with Gasteiger partial charge >= 0.3 is 0 Å². The number of imide groups is 1. The largest absolute Gasteiger partial charge is 0.460 e. The van der Waals surface area contributed by atoms with Crippen molar-refractivity contribution in [3.63, 3.8) is 0 Å². The van der Waals surface area contributed by atoms with E-state index in [1.807, 2.05) is 13.0 Å². The van der Waals surface area contributed by atoms with Crippen molar-refractivity contribution in [3.8, 4) is 0 Å². The van der Waals surface area contributed by atoms with Crippen LogP contribution in [0.4, 0.5) is 5.69 Å². The molecule has 4 nitrogen and oxygen atoms in total. The van der Waals surface area contributed by atoms with Crippen LogP contribution in [0.15, 0.2) is 46.9 Å². The molecule has 4 rings (SSSR count). The Morgan fingerprint density at radius 1 is 1.00 bits per heavy atom. The number of hydrogen-bond acceptors (Lipinski definition) is 3. The van der Waals surface area contributed by atoms with Gasteiger partial charge in [-0.3, -0.25) is 9.59 Å². The minimum absolute atomic E-state index is 0.337. The van der Waals surface area contributed by atoms with Crippen LogP contribution in [-0.4, -0.2) is 11.8 Å². The summed E-state index contributed by atoms with van der Waals surface area (Å²) in [5, 5.41) is 1.13. The van der Waals surface area contributed by atoms with Gasteiger partial charge in [0.1, 0.15) is 5.76 Å². The number of aryl methyl sites for hydroxylation is 1. The van der Waals surface area contributed by atoms with Crippen molar-refractivity contribution in [1.82, 2.24) is 0 Å². The number of rotatable bonds is 1. The van der Waals surface area contributed by atoms with E-state index in [9.17, 15) is 9.59 Å². The SMILES string of the molecule is Cc1cc2cc(N3C(=O)c4ccccc4C3=O)cc(Cl)c2o1. The van der Waals surface area contributed by atoms with E-state index in [4.69, 9.17) is 16.0 Å². The summed E-state index contributed by atoms with van der Waals surface area (Å²) < 4.78 is 5.51. The highest BCUT2D eigenvalue weighted by Gasteiger charge is 2.36. The molecular formula is C17H10ClNO3. The first-order chi connectivity index (χ1) is 10.6. The molecule has 0 saturated heterocycles. The van der Waals surface area contributed by atoms with Crippen LogP contribution in [-0.2, 0) is 0 Å². The fraction of sp³-hybridized carbons (Fsp3) is 0.0588. The van der Waals surface area contributed by atoms with Crippen molar-refractivity contribution in [3.05, 3.63) is 64.4 Å². The minimum atomic E-state index is -0.337. The van der Waals surface area contributed by atoms with E-state index < -0.39 is 0 Å². The Bertz CT molecular complexity index is 923. The summed E-state index contributed by atoms with van der Waals surface area (Å²) >= 11 is 6.22. The highest BCUT2D eigenvalue weighted by Crippen LogP contribution is 2.35. The zero-order valence-corrected chi connectivity index (χ0v) is 12.3. The quantitative estimate of drug-likeness (QED) is 0.633. The summed E-state index contributed by atoms with van der Waals surface area (Å²) in [7, 11) is 0. The number of anilines is 1. The molecule has 1 aliphatic heterocycles. The number of fused-ring (bicyclic) bond motifs is 2. The number of carbonyl (C=O) groups excluding carboxylic acids is 2. The normalized spacial score (nSPS) is 14.0. The lowest BCUT2D eigenvalue weighted by Gasteiger charge is -2.14. The first kappa shape index (κ1) is 13.1. The molecule has 0 radical (unpaired) electrons. The molecule has 0 saturated carbocycles. The van der Waals surface area contributed by atoms with Crippen molar-refractivity contribution in [1.29, 1.82) is 0 Å². The molecule has 22 heavy (non-hydrogen) atoms. The minimum Gasteiger partial charge on any atom is -0.460 e. The lowest BCUT2D eigenvalue weighted by atomic mass is 10.1. The number of amides is 2. The lowest BCUT2D eigenvalue weighted by Crippen LogP contribution is -2.29. The van der Waals surface area contributed by atoms with Crippen LogP contribution in [0.2, 0.25) is 5.02 Å². The van der Waals surface area contributed by atoms with Gasteiger partial charge < -0.3 is 4.42 Å². The molecule has 0 bridgehead atoms. The standard InChI is InChI=1S/C17H10ClNO3/c1-9-6-10-7-11(8-14(18)15(10)22-9)19-16(20)12-4-2-3-5-13(12)17(19)21/h2-8H,1H3. The van der Waals surface area contributed by atoms with Crippen molar-refractivity contribution in [2.75, 3.05) is 4.90 Å². The van der Waals surface area contributed by atoms with Crippen LogP contribution in [0.1, 0.15) is 26.5 Å². The summed E-state index contributed by atoms with van der Waals surface area (Å²) in [5.74, 6) is 0.0453. The molecule has 1 aliphatic rings. The molecule has 0 aliphatic carbocycles. The molecule has 1 aromatic heterocycles. The lowest BCUT2D eigenvalue weighted by molar-refractivity contribution is 0.0926. The second-order valence-corrected chi connectivity index (χ2v) is 5.60. The monoisotopic (exact) mass is 311 g/mol. The fourth-order valence-corrected chi connectivity index (χ4v) is 3.04.